The van der Waals surface area contributed by atoms with Crippen LogP contribution in [0, 0.1) is 17.6 Å². The second-order valence-corrected chi connectivity index (χ2v) is 9.48. The fourth-order valence-corrected chi connectivity index (χ4v) is 4.38. The van der Waals surface area contributed by atoms with Crippen molar-refractivity contribution in [2.45, 2.75) is 25.3 Å². The number of sulfonamides is 1. The molecule has 2 amide bonds. The van der Waals surface area contributed by atoms with Crippen LogP contribution < -0.4 is 15.5 Å². The topological polar surface area (TPSA) is 125 Å². The first kappa shape index (κ1) is 26.2. The molecule has 2 aromatic rings. The summed E-state index contributed by atoms with van der Waals surface area (Å²) in [5.74, 6) is -2.79. The Balaban J connectivity index is 1.97. The first-order valence-electron chi connectivity index (χ1n) is 9.89. The molecule has 2 rings (SSSR count). The molecule has 180 valence electrons. The zero-order valence-electron chi connectivity index (χ0n) is 18.0. The van der Waals surface area contributed by atoms with E-state index in [9.17, 15) is 26.8 Å². The van der Waals surface area contributed by atoms with E-state index in [1.165, 1.54) is 29.7 Å². The van der Waals surface area contributed by atoms with Crippen molar-refractivity contribution in [2.24, 2.45) is 5.92 Å². The predicted octanol–water partition coefficient (Wildman–Crippen LogP) is 1.81. The minimum Gasteiger partial charge on any atom is -0.484 e. The van der Waals surface area contributed by atoms with Crippen LogP contribution >= 0.6 is 0 Å². The number of carbonyl (C=O) groups excluding carboxylic acids is 2. The van der Waals surface area contributed by atoms with Crippen molar-refractivity contribution < 1.29 is 36.7 Å². The van der Waals surface area contributed by atoms with E-state index in [1.54, 1.807) is 13.8 Å². The average molecular weight is 486 g/mol. The van der Waals surface area contributed by atoms with Gasteiger partial charge in [0.25, 0.3) is 11.8 Å². The number of hydroxylamine groups is 1. The maximum Gasteiger partial charge on any atom is 0.258 e. The Hall–Kier alpha value is -3.09. The third-order valence-corrected chi connectivity index (χ3v) is 6.08. The Morgan fingerprint density at radius 3 is 2.21 bits per heavy atom. The van der Waals surface area contributed by atoms with Gasteiger partial charge in [-0.3, -0.25) is 14.8 Å². The van der Waals surface area contributed by atoms with Crippen LogP contribution in [0.25, 0.3) is 0 Å². The van der Waals surface area contributed by atoms with Crippen LogP contribution in [0.4, 0.5) is 8.78 Å². The van der Waals surface area contributed by atoms with Gasteiger partial charge in [0.15, 0.2) is 6.61 Å². The van der Waals surface area contributed by atoms with Crippen LogP contribution in [0.3, 0.4) is 0 Å². The Bertz CT molecular complexity index is 1060. The van der Waals surface area contributed by atoms with Crippen LogP contribution in [0.5, 0.6) is 5.75 Å². The van der Waals surface area contributed by atoms with Crippen LogP contribution in [0.1, 0.15) is 19.4 Å². The zero-order valence-corrected chi connectivity index (χ0v) is 18.9. The van der Waals surface area contributed by atoms with Crippen molar-refractivity contribution in [3.8, 4) is 5.75 Å². The molecule has 0 radical (unpaired) electrons. The average Bonchev–Trinajstić information content (AvgIpc) is 2.75. The molecule has 0 spiro atoms. The van der Waals surface area contributed by atoms with Crippen LogP contribution in [0.2, 0.25) is 0 Å². The monoisotopic (exact) mass is 485 g/mol. The quantitative estimate of drug-likeness (QED) is 0.329. The SMILES string of the molecule is CC(C)CN(CC(=O)NO)S(=O)(=O)c1ccc(OCC(=O)NCc2cc(F)cc(F)c2)cc1. The number of amides is 2. The van der Waals surface area contributed by atoms with Crippen molar-refractivity contribution in [1.82, 2.24) is 15.1 Å². The number of halogens is 2. The van der Waals surface area contributed by atoms with E-state index in [1.807, 2.05) is 0 Å². The van der Waals surface area contributed by atoms with Crippen molar-refractivity contribution in [3.63, 3.8) is 0 Å². The van der Waals surface area contributed by atoms with Gasteiger partial charge in [-0.2, -0.15) is 4.31 Å². The lowest BCUT2D eigenvalue weighted by Crippen LogP contribution is -2.41. The lowest BCUT2D eigenvalue weighted by Gasteiger charge is -2.23. The van der Waals surface area contributed by atoms with E-state index >= 15 is 0 Å². The molecule has 0 unspecified atom stereocenters. The summed E-state index contributed by atoms with van der Waals surface area (Å²) < 4.78 is 58.4. The highest BCUT2D eigenvalue weighted by Crippen LogP contribution is 2.20. The van der Waals surface area contributed by atoms with Crippen molar-refractivity contribution >= 4 is 21.8 Å². The molecule has 33 heavy (non-hydrogen) atoms. The molecule has 0 aliphatic carbocycles. The summed E-state index contributed by atoms with van der Waals surface area (Å²) in [7, 11) is -4.03. The molecule has 0 saturated heterocycles. The fraction of sp³-hybridized carbons (Fsp3) is 0.333. The van der Waals surface area contributed by atoms with Crippen LogP contribution in [0.15, 0.2) is 47.4 Å². The smallest absolute Gasteiger partial charge is 0.258 e. The third-order valence-electron chi connectivity index (χ3n) is 4.26. The van der Waals surface area contributed by atoms with Gasteiger partial charge in [-0.05, 0) is 47.9 Å². The fourth-order valence-electron chi connectivity index (χ4n) is 2.82. The van der Waals surface area contributed by atoms with Gasteiger partial charge in [0.2, 0.25) is 10.0 Å². The van der Waals surface area contributed by atoms with Gasteiger partial charge in [0.1, 0.15) is 17.4 Å². The number of nitrogens with one attached hydrogen (secondary N) is 2. The van der Waals surface area contributed by atoms with Gasteiger partial charge in [-0.1, -0.05) is 13.8 Å². The highest BCUT2D eigenvalue weighted by atomic mass is 32.2. The summed E-state index contributed by atoms with van der Waals surface area (Å²) in [5.41, 5.74) is 1.66. The standard InChI is InChI=1S/C21H25F2N3O6S/c1-14(2)11-26(12-20(27)25-29)33(30,31)19-5-3-18(4-6-19)32-13-21(28)24-10-15-7-16(22)9-17(23)8-15/h3-9,14,29H,10-13H2,1-2H3,(H,24,28)(H,25,27). The molecule has 0 fully saturated rings. The Morgan fingerprint density at radius 2 is 1.67 bits per heavy atom. The molecule has 3 N–H and O–H groups in total. The normalized spacial score (nSPS) is 11.5. The van der Waals surface area contributed by atoms with Crippen molar-refractivity contribution in [2.75, 3.05) is 19.7 Å². The van der Waals surface area contributed by atoms with Crippen molar-refractivity contribution in [1.29, 1.82) is 0 Å². The molecular formula is C21H25F2N3O6S. The molecule has 0 atom stereocenters. The lowest BCUT2D eigenvalue weighted by atomic mass is 10.2. The molecule has 2 aromatic carbocycles. The molecule has 0 aliphatic rings. The predicted molar refractivity (Wildman–Crippen MR) is 114 cm³/mol. The highest BCUT2D eigenvalue weighted by molar-refractivity contribution is 7.89. The number of hydrogen-bond donors (Lipinski definition) is 3. The maximum atomic E-state index is 13.2. The van der Waals surface area contributed by atoms with Crippen LogP contribution in [-0.2, 0) is 26.2 Å². The van der Waals surface area contributed by atoms with Gasteiger partial charge in [-0.25, -0.2) is 22.7 Å². The van der Waals surface area contributed by atoms with Gasteiger partial charge in [-0.15, -0.1) is 0 Å². The maximum absolute atomic E-state index is 13.2. The molecule has 0 heterocycles. The summed E-state index contributed by atoms with van der Waals surface area (Å²) in [6.45, 7) is 2.58. The second-order valence-electron chi connectivity index (χ2n) is 7.54. The summed E-state index contributed by atoms with van der Waals surface area (Å²) in [5, 5.41) is 11.2. The Kier molecular flexibility index (Phi) is 9.26. The number of hydrogen-bond acceptors (Lipinski definition) is 6. The zero-order chi connectivity index (χ0) is 24.6. The summed E-state index contributed by atoms with van der Waals surface area (Å²) in [6.07, 6.45) is 0. The molecule has 0 saturated carbocycles. The summed E-state index contributed by atoms with van der Waals surface area (Å²) in [4.78, 5) is 23.3. The van der Waals surface area contributed by atoms with E-state index < -0.39 is 46.6 Å². The van der Waals surface area contributed by atoms with E-state index in [4.69, 9.17) is 9.94 Å². The van der Waals surface area contributed by atoms with Gasteiger partial charge >= 0.3 is 0 Å². The molecule has 9 nitrogen and oxygen atoms in total. The minimum absolute atomic E-state index is 0.0589. The summed E-state index contributed by atoms with van der Waals surface area (Å²) >= 11 is 0. The lowest BCUT2D eigenvalue weighted by molar-refractivity contribution is -0.129. The number of rotatable bonds is 11. The molecular weight excluding hydrogens is 460 g/mol. The molecule has 0 aliphatic heterocycles. The highest BCUT2D eigenvalue weighted by Gasteiger charge is 2.27. The molecule has 12 heteroatoms. The number of nitrogens with zero attached hydrogens (tertiary/aromatic N) is 1. The first-order chi connectivity index (χ1) is 15.5. The molecule has 0 aromatic heterocycles. The Morgan fingerprint density at radius 1 is 1.06 bits per heavy atom. The molecule has 0 bridgehead atoms. The van der Waals surface area contributed by atoms with E-state index in [2.05, 4.69) is 5.32 Å². The van der Waals surface area contributed by atoms with E-state index in [-0.39, 0.29) is 35.2 Å². The Labute approximate surface area is 190 Å². The van der Waals surface area contributed by atoms with E-state index in [0.717, 1.165) is 22.5 Å². The third kappa shape index (κ3) is 8.08. The number of ether oxygens (including phenoxy) is 1. The number of carbonyl (C=O) groups is 2. The van der Waals surface area contributed by atoms with Gasteiger partial charge < -0.3 is 10.1 Å². The summed E-state index contributed by atoms with van der Waals surface area (Å²) in [6, 6.07) is 8.14. The second kappa shape index (κ2) is 11.7. The van der Waals surface area contributed by atoms with Gasteiger partial charge in [0.05, 0.1) is 11.4 Å². The van der Waals surface area contributed by atoms with Gasteiger partial charge in [0, 0.05) is 19.2 Å². The van der Waals surface area contributed by atoms with E-state index in [0.29, 0.717) is 0 Å². The number of benzene rings is 2. The van der Waals surface area contributed by atoms with Crippen LogP contribution in [-0.4, -0.2) is 49.4 Å². The van der Waals surface area contributed by atoms with Crippen molar-refractivity contribution in [3.05, 3.63) is 59.7 Å². The minimum atomic E-state index is -4.03. The first-order valence-corrected chi connectivity index (χ1v) is 11.3. The largest absolute Gasteiger partial charge is 0.484 e.